The molecular weight excluding hydrogens is 252 g/mol. The van der Waals surface area contributed by atoms with E-state index in [0.717, 1.165) is 17.7 Å². The maximum atomic E-state index is 10.7. The van der Waals surface area contributed by atoms with Crippen LogP contribution in [-0.2, 0) is 19.4 Å². The van der Waals surface area contributed by atoms with Crippen molar-refractivity contribution in [3.63, 3.8) is 0 Å². The summed E-state index contributed by atoms with van der Waals surface area (Å²) >= 11 is 0. The van der Waals surface area contributed by atoms with E-state index in [-0.39, 0.29) is 5.56 Å². The minimum absolute atomic E-state index is 0.186. The van der Waals surface area contributed by atoms with E-state index < -0.39 is 5.97 Å². The summed E-state index contributed by atoms with van der Waals surface area (Å²) in [5.41, 5.74) is 3.94. The molecule has 0 unspecified atom stereocenters. The molecule has 0 N–H and O–H groups in total. The molecule has 0 saturated carbocycles. The quantitative estimate of drug-likeness (QED) is 0.852. The minimum Gasteiger partial charge on any atom is -0.545 e. The first-order chi connectivity index (χ1) is 9.72. The van der Waals surface area contributed by atoms with E-state index in [0.29, 0.717) is 6.61 Å². The van der Waals surface area contributed by atoms with Gasteiger partial charge >= 0.3 is 0 Å². The highest BCUT2D eigenvalue weighted by Gasteiger charge is 2.11. The molecule has 0 saturated heterocycles. The Morgan fingerprint density at radius 1 is 1.05 bits per heavy atom. The second kappa shape index (κ2) is 5.37. The van der Waals surface area contributed by atoms with Crippen molar-refractivity contribution in [3.8, 4) is 5.75 Å². The fraction of sp³-hybridized carbons (Fsp3) is 0.235. The number of carboxylic acid groups (broad SMARTS) is 1. The fourth-order valence-corrected chi connectivity index (χ4v) is 2.54. The van der Waals surface area contributed by atoms with E-state index in [1.54, 1.807) is 12.1 Å². The Morgan fingerprint density at radius 2 is 1.80 bits per heavy atom. The van der Waals surface area contributed by atoms with E-state index in [1.807, 2.05) is 6.07 Å². The zero-order valence-electron chi connectivity index (χ0n) is 11.1. The summed E-state index contributed by atoms with van der Waals surface area (Å²) in [7, 11) is 0. The zero-order valence-corrected chi connectivity index (χ0v) is 11.1. The molecule has 20 heavy (non-hydrogen) atoms. The molecule has 0 spiro atoms. The Kier molecular flexibility index (Phi) is 3.42. The Bertz CT molecular complexity index is 629. The second-order valence-electron chi connectivity index (χ2n) is 5.06. The molecule has 3 nitrogen and oxygen atoms in total. The summed E-state index contributed by atoms with van der Waals surface area (Å²) < 4.78 is 5.75. The van der Waals surface area contributed by atoms with Crippen LogP contribution < -0.4 is 9.84 Å². The summed E-state index contributed by atoms with van der Waals surface area (Å²) in [4.78, 5) is 10.7. The van der Waals surface area contributed by atoms with E-state index >= 15 is 0 Å². The second-order valence-corrected chi connectivity index (χ2v) is 5.06. The maximum absolute atomic E-state index is 10.7. The molecule has 0 atom stereocenters. The van der Waals surface area contributed by atoms with Crippen LogP contribution in [-0.4, -0.2) is 5.97 Å². The summed E-state index contributed by atoms with van der Waals surface area (Å²) in [6, 6.07) is 12.8. The summed E-state index contributed by atoms with van der Waals surface area (Å²) in [5, 5.41) is 10.7. The van der Waals surface area contributed by atoms with Gasteiger partial charge in [0.15, 0.2) is 0 Å². The van der Waals surface area contributed by atoms with Gasteiger partial charge in [-0.25, -0.2) is 0 Å². The highest BCUT2D eigenvalue weighted by Crippen LogP contribution is 2.26. The van der Waals surface area contributed by atoms with E-state index in [4.69, 9.17) is 4.74 Å². The van der Waals surface area contributed by atoms with Crippen molar-refractivity contribution in [2.75, 3.05) is 0 Å². The van der Waals surface area contributed by atoms with Gasteiger partial charge < -0.3 is 14.6 Å². The van der Waals surface area contributed by atoms with Crippen molar-refractivity contribution >= 4 is 5.97 Å². The third-order valence-electron chi connectivity index (χ3n) is 3.67. The largest absolute Gasteiger partial charge is 0.545 e. The van der Waals surface area contributed by atoms with Crippen molar-refractivity contribution in [1.29, 1.82) is 0 Å². The summed E-state index contributed by atoms with van der Waals surface area (Å²) in [5.74, 6) is -0.286. The van der Waals surface area contributed by atoms with Gasteiger partial charge in [0.05, 0.1) is 5.97 Å². The zero-order chi connectivity index (χ0) is 13.9. The van der Waals surface area contributed by atoms with Gasteiger partial charge in [-0.05, 0) is 53.6 Å². The van der Waals surface area contributed by atoms with Crippen LogP contribution in [0, 0.1) is 0 Å². The SMILES string of the molecule is O=C([O-])c1ccc(COc2ccc3c(c2)CCC3)cc1. The topological polar surface area (TPSA) is 49.4 Å². The van der Waals surface area contributed by atoms with Gasteiger partial charge in [-0.1, -0.05) is 30.3 Å². The lowest BCUT2D eigenvalue weighted by Crippen LogP contribution is -2.22. The van der Waals surface area contributed by atoms with Crippen LogP contribution in [0.2, 0.25) is 0 Å². The predicted octanol–water partition coefficient (Wildman–Crippen LogP) is 2.12. The molecule has 0 fully saturated rings. The molecular formula is C17H15O3-. The molecule has 3 rings (SSSR count). The van der Waals surface area contributed by atoms with Gasteiger partial charge in [0.25, 0.3) is 0 Å². The molecule has 102 valence electrons. The molecule has 2 aromatic carbocycles. The number of carbonyl (C=O) groups excluding carboxylic acids is 1. The van der Waals surface area contributed by atoms with Crippen LogP contribution in [0.5, 0.6) is 5.75 Å². The first-order valence-electron chi connectivity index (χ1n) is 6.77. The molecule has 0 bridgehead atoms. The highest BCUT2D eigenvalue weighted by molar-refractivity contribution is 5.85. The van der Waals surface area contributed by atoms with Gasteiger partial charge in [-0.3, -0.25) is 0 Å². The average Bonchev–Trinajstić information content (AvgIpc) is 2.93. The first-order valence-corrected chi connectivity index (χ1v) is 6.77. The molecule has 1 aliphatic carbocycles. The van der Waals surface area contributed by atoms with Gasteiger partial charge in [0, 0.05) is 0 Å². The maximum Gasteiger partial charge on any atom is 0.120 e. The van der Waals surface area contributed by atoms with Crippen LogP contribution in [0.1, 0.15) is 33.5 Å². The number of ether oxygens (including phenoxy) is 1. The smallest absolute Gasteiger partial charge is 0.120 e. The van der Waals surface area contributed by atoms with Crippen LogP contribution in [0.4, 0.5) is 0 Å². The number of carbonyl (C=O) groups is 1. The number of rotatable bonds is 4. The number of aryl methyl sites for hydroxylation is 2. The van der Waals surface area contributed by atoms with Gasteiger partial charge in [0.1, 0.15) is 12.4 Å². The van der Waals surface area contributed by atoms with Crippen molar-refractivity contribution in [2.45, 2.75) is 25.9 Å². The number of fused-ring (bicyclic) bond motifs is 1. The van der Waals surface area contributed by atoms with Crippen molar-refractivity contribution < 1.29 is 14.6 Å². The molecule has 2 aromatic rings. The number of carboxylic acids is 1. The standard InChI is InChI=1S/C17H16O3/c18-17(19)14-6-4-12(5-7-14)11-20-16-9-8-13-2-1-3-15(13)10-16/h4-10H,1-3,11H2,(H,18,19)/p-1. The van der Waals surface area contributed by atoms with E-state index in [9.17, 15) is 9.90 Å². The van der Waals surface area contributed by atoms with Crippen LogP contribution in [0.3, 0.4) is 0 Å². The molecule has 1 aliphatic rings. The van der Waals surface area contributed by atoms with Crippen molar-refractivity contribution in [3.05, 3.63) is 64.7 Å². The monoisotopic (exact) mass is 267 g/mol. The average molecular weight is 267 g/mol. The highest BCUT2D eigenvalue weighted by atomic mass is 16.5. The van der Waals surface area contributed by atoms with Crippen molar-refractivity contribution in [2.24, 2.45) is 0 Å². The van der Waals surface area contributed by atoms with Crippen LogP contribution >= 0.6 is 0 Å². The molecule has 0 radical (unpaired) electrons. The Balaban J connectivity index is 1.65. The molecule has 0 amide bonds. The van der Waals surface area contributed by atoms with E-state index in [2.05, 4.69) is 12.1 Å². The summed E-state index contributed by atoms with van der Waals surface area (Å²) in [6.07, 6.45) is 3.52. The molecule has 0 aromatic heterocycles. The Morgan fingerprint density at radius 3 is 2.55 bits per heavy atom. The minimum atomic E-state index is -1.16. The van der Waals surface area contributed by atoms with Crippen molar-refractivity contribution in [1.82, 2.24) is 0 Å². The molecule has 0 heterocycles. The third-order valence-corrected chi connectivity index (χ3v) is 3.67. The number of hydrogen-bond donors (Lipinski definition) is 0. The van der Waals surface area contributed by atoms with E-state index in [1.165, 1.54) is 36.1 Å². The fourth-order valence-electron chi connectivity index (χ4n) is 2.54. The molecule has 3 heteroatoms. The van der Waals surface area contributed by atoms with Gasteiger partial charge in [-0.15, -0.1) is 0 Å². The lowest BCUT2D eigenvalue weighted by molar-refractivity contribution is -0.255. The Hall–Kier alpha value is -2.29. The summed E-state index contributed by atoms with van der Waals surface area (Å²) in [6.45, 7) is 0.437. The number of aromatic carboxylic acids is 1. The lowest BCUT2D eigenvalue weighted by Gasteiger charge is -2.09. The normalized spacial score (nSPS) is 13.0. The van der Waals surface area contributed by atoms with Gasteiger partial charge in [-0.2, -0.15) is 0 Å². The third kappa shape index (κ3) is 2.67. The first kappa shape index (κ1) is 12.7. The van der Waals surface area contributed by atoms with Crippen LogP contribution in [0.25, 0.3) is 0 Å². The lowest BCUT2D eigenvalue weighted by atomic mass is 10.1. The van der Waals surface area contributed by atoms with Gasteiger partial charge in [0.2, 0.25) is 0 Å². The number of hydrogen-bond acceptors (Lipinski definition) is 3. The number of benzene rings is 2. The molecule has 0 aliphatic heterocycles. The Labute approximate surface area is 117 Å². The van der Waals surface area contributed by atoms with Crippen LogP contribution in [0.15, 0.2) is 42.5 Å². The predicted molar refractivity (Wildman–Crippen MR) is 73.6 cm³/mol.